The number of halogens is 1. The lowest BCUT2D eigenvalue weighted by atomic mass is 10.0. The molecule has 124 valence electrons. The average molecular weight is 335 g/mol. The Morgan fingerprint density at radius 2 is 1.78 bits per heavy atom. The molecule has 0 radical (unpaired) electrons. The zero-order valence-corrected chi connectivity index (χ0v) is 15.3. The molecular weight excluding hydrogens is 312 g/mol. The Balaban J connectivity index is 2.16. The van der Waals surface area contributed by atoms with Gasteiger partial charge in [-0.1, -0.05) is 25.4 Å². The molecule has 0 unspecified atom stereocenters. The molecule has 0 aliphatic heterocycles. The van der Waals surface area contributed by atoms with Crippen molar-refractivity contribution in [3.63, 3.8) is 0 Å². The second-order valence-corrected chi connectivity index (χ2v) is 6.58. The van der Waals surface area contributed by atoms with E-state index in [1.54, 1.807) is 0 Å². The molecule has 0 spiro atoms. The van der Waals surface area contributed by atoms with Gasteiger partial charge in [-0.3, -0.25) is 4.79 Å². The summed E-state index contributed by atoms with van der Waals surface area (Å²) in [4.78, 5) is 12.4. The van der Waals surface area contributed by atoms with Crippen molar-refractivity contribution in [2.24, 2.45) is 0 Å². The van der Waals surface area contributed by atoms with E-state index >= 15 is 0 Å². The number of hydrogen-bond donors (Lipinski definition) is 0. The number of nitrogens with zero attached hydrogens (tertiary/aromatic N) is 2. The topological polar surface area (TPSA) is 44.1 Å². The molecule has 0 bridgehead atoms. The number of aromatic nitrogens is 2. The highest BCUT2D eigenvalue weighted by Gasteiger charge is 2.19. The second-order valence-electron chi connectivity index (χ2n) is 6.20. The maximum atomic E-state index is 12.4. The third-order valence-corrected chi connectivity index (χ3v) is 4.53. The summed E-state index contributed by atoms with van der Waals surface area (Å²) in [6, 6.07) is 3.67. The van der Waals surface area contributed by atoms with Crippen LogP contribution in [0.3, 0.4) is 0 Å². The van der Waals surface area contributed by atoms with Gasteiger partial charge in [0.05, 0.1) is 5.69 Å². The van der Waals surface area contributed by atoms with E-state index in [9.17, 15) is 4.79 Å². The summed E-state index contributed by atoms with van der Waals surface area (Å²) in [6.07, 6.45) is 0. The summed E-state index contributed by atoms with van der Waals surface area (Å²) in [6.45, 7) is 11.8. The van der Waals surface area contributed by atoms with Crippen molar-refractivity contribution in [2.75, 3.05) is 6.61 Å². The van der Waals surface area contributed by atoms with Crippen LogP contribution in [0.25, 0.3) is 0 Å². The quantitative estimate of drug-likeness (QED) is 0.819. The molecular formula is C18H23ClN2O2. The average Bonchev–Trinajstić information content (AvgIpc) is 2.77. The van der Waals surface area contributed by atoms with Crippen LogP contribution in [0.4, 0.5) is 0 Å². The van der Waals surface area contributed by atoms with Crippen molar-refractivity contribution in [2.45, 2.75) is 47.5 Å². The number of carbonyl (C=O) groups is 1. The van der Waals surface area contributed by atoms with E-state index in [4.69, 9.17) is 16.3 Å². The summed E-state index contributed by atoms with van der Waals surface area (Å²) in [5.74, 6) is 0.796. The van der Waals surface area contributed by atoms with E-state index in [1.807, 2.05) is 39.8 Å². The van der Waals surface area contributed by atoms with Gasteiger partial charge in [-0.15, -0.1) is 0 Å². The first-order chi connectivity index (χ1) is 10.7. The van der Waals surface area contributed by atoms with Gasteiger partial charge in [-0.05, 0) is 62.4 Å². The predicted molar refractivity (Wildman–Crippen MR) is 92.8 cm³/mol. The van der Waals surface area contributed by atoms with E-state index in [2.05, 4.69) is 18.9 Å². The first-order valence-corrected chi connectivity index (χ1v) is 8.09. The fourth-order valence-electron chi connectivity index (χ4n) is 2.93. The fraction of sp³-hybridized carbons (Fsp3) is 0.444. The van der Waals surface area contributed by atoms with Gasteiger partial charge in [0.25, 0.3) is 5.91 Å². The van der Waals surface area contributed by atoms with Crippen LogP contribution in [0, 0.1) is 27.7 Å². The summed E-state index contributed by atoms with van der Waals surface area (Å²) >= 11 is 6.14. The molecule has 0 fully saturated rings. The lowest BCUT2D eigenvalue weighted by molar-refractivity contribution is 0.0818. The Morgan fingerprint density at radius 3 is 2.26 bits per heavy atom. The minimum absolute atomic E-state index is 0.0555. The SMILES string of the molecule is Cc1cc(OCC(=O)n2nc(C)c(C(C)C)c2C)cc(C)c1Cl. The Morgan fingerprint density at radius 1 is 1.22 bits per heavy atom. The predicted octanol–water partition coefficient (Wildman–Crippen LogP) is 4.61. The lowest BCUT2D eigenvalue weighted by Crippen LogP contribution is -2.22. The van der Waals surface area contributed by atoms with Gasteiger partial charge in [-0.25, -0.2) is 4.68 Å². The molecule has 5 heteroatoms. The molecule has 1 heterocycles. The highest BCUT2D eigenvalue weighted by Crippen LogP contribution is 2.26. The van der Waals surface area contributed by atoms with E-state index < -0.39 is 0 Å². The van der Waals surface area contributed by atoms with Crippen LogP contribution in [0.15, 0.2) is 12.1 Å². The fourth-order valence-corrected chi connectivity index (χ4v) is 3.04. The Hall–Kier alpha value is -1.81. The highest BCUT2D eigenvalue weighted by atomic mass is 35.5. The van der Waals surface area contributed by atoms with E-state index in [0.29, 0.717) is 11.7 Å². The van der Waals surface area contributed by atoms with Crippen molar-refractivity contribution < 1.29 is 9.53 Å². The Kier molecular flexibility index (Phi) is 5.15. The molecule has 0 atom stereocenters. The van der Waals surface area contributed by atoms with Gasteiger partial charge >= 0.3 is 0 Å². The summed E-state index contributed by atoms with van der Waals surface area (Å²) < 4.78 is 7.08. The van der Waals surface area contributed by atoms with Crippen LogP contribution in [0.5, 0.6) is 5.75 Å². The van der Waals surface area contributed by atoms with Gasteiger partial charge in [0, 0.05) is 10.7 Å². The number of hydrogen-bond acceptors (Lipinski definition) is 3. The first-order valence-electron chi connectivity index (χ1n) is 7.71. The number of rotatable bonds is 4. The highest BCUT2D eigenvalue weighted by molar-refractivity contribution is 6.32. The number of ether oxygens (including phenoxy) is 1. The first kappa shape index (κ1) is 17.5. The van der Waals surface area contributed by atoms with Crippen molar-refractivity contribution >= 4 is 17.5 Å². The van der Waals surface area contributed by atoms with Gasteiger partial charge in [0.15, 0.2) is 6.61 Å². The molecule has 1 aromatic heterocycles. The Labute approximate surface area is 142 Å². The molecule has 0 amide bonds. The number of aryl methyl sites for hydroxylation is 3. The number of benzene rings is 1. The zero-order chi connectivity index (χ0) is 17.3. The summed E-state index contributed by atoms with van der Waals surface area (Å²) in [5.41, 5.74) is 4.76. The van der Waals surface area contributed by atoms with Crippen molar-refractivity contribution in [1.29, 1.82) is 0 Å². The maximum Gasteiger partial charge on any atom is 0.284 e. The van der Waals surface area contributed by atoms with Crippen molar-refractivity contribution in [1.82, 2.24) is 9.78 Å². The smallest absolute Gasteiger partial charge is 0.284 e. The molecule has 2 rings (SSSR count). The normalized spacial score (nSPS) is 11.1. The molecule has 1 aromatic carbocycles. The molecule has 0 aliphatic rings. The van der Waals surface area contributed by atoms with E-state index in [-0.39, 0.29) is 12.5 Å². The minimum Gasteiger partial charge on any atom is -0.484 e. The molecule has 2 aromatic rings. The molecule has 4 nitrogen and oxygen atoms in total. The number of carbonyl (C=O) groups excluding carboxylic acids is 1. The van der Waals surface area contributed by atoms with Crippen LogP contribution < -0.4 is 4.74 Å². The van der Waals surface area contributed by atoms with E-state index in [1.165, 1.54) is 4.68 Å². The molecule has 23 heavy (non-hydrogen) atoms. The van der Waals surface area contributed by atoms with Crippen LogP contribution in [-0.2, 0) is 0 Å². The van der Waals surface area contributed by atoms with Crippen LogP contribution >= 0.6 is 11.6 Å². The second kappa shape index (κ2) is 6.75. The monoisotopic (exact) mass is 334 g/mol. The van der Waals surface area contributed by atoms with Gasteiger partial charge < -0.3 is 4.74 Å². The maximum absolute atomic E-state index is 12.4. The third-order valence-electron chi connectivity index (χ3n) is 3.93. The standard InChI is InChI=1S/C18H23ClN2O2/c1-10(2)17-13(5)20-21(14(17)6)16(22)9-23-15-7-11(3)18(19)12(4)8-15/h7-8,10H,9H2,1-6H3. The largest absolute Gasteiger partial charge is 0.484 e. The van der Waals surface area contributed by atoms with Crippen LogP contribution in [-0.4, -0.2) is 22.3 Å². The van der Waals surface area contributed by atoms with Crippen LogP contribution in [0.1, 0.15) is 52.6 Å². The Bertz CT molecular complexity index is 725. The zero-order valence-electron chi connectivity index (χ0n) is 14.5. The van der Waals surface area contributed by atoms with E-state index in [0.717, 1.165) is 33.1 Å². The molecule has 0 saturated heterocycles. The van der Waals surface area contributed by atoms with Crippen LogP contribution in [0.2, 0.25) is 5.02 Å². The molecule has 0 N–H and O–H groups in total. The van der Waals surface area contributed by atoms with Crippen molar-refractivity contribution in [3.05, 3.63) is 45.2 Å². The van der Waals surface area contributed by atoms with Gasteiger partial charge in [-0.2, -0.15) is 5.10 Å². The summed E-state index contributed by atoms with van der Waals surface area (Å²) in [7, 11) is 0. The minimum atomic E-state index is -0.178. The van der Waals surface area contributed by atoms with Gasteiger partial charge in [0.2, 0.25) is 0 Å². The molecule has 0 saturated carbocycles. The van der Waals surface area contributed by atoms with Gasteiger partial charge in [0.1, 0.15) is 5.75 Å². The molecule has 0 aliphatic carbocycles. The lowest BCUT2D eigenvalue weighted by Gasteiger charge is -2.10. The summed E-state index contributed by atoms with van der Waals surface area (Å²) in [5, 5.41) is 5.08. The van der Waals surface area contributed by atoms with Crippen molar-refractivity contribution in [3.8, 4) is 5.75 Å². The third kappa shape index (κ3) is 3.58.